The van der Waals surface area contributed by atoms with Gasteiger partial charge in [-0.05, 0) is 63.9 Å². The first kappa shape index (κ1) is 17.7. The molecule has 1 atom stereocenters. The number of nitrogens with one attached hydrogen (secondary N) is 1. The number of aromatic nitrogens is 1. The van der Waals surface area contributed by atoms with E-state index >= 15 is 0 Å². The van der Waals surface area contributed by atoms with Gasteiger partial charge in [0.05, 0.1) is 17.2 Å². The molecule has 0 aliphatic heterocycles. The minimum Gasteiger partial charge on any atom is -0.449 e. The van der Waals surface area contributed by atoms with E-state index < -0.39 is 18.0 Å². The van der Waals surface area contributed by atoms with Gasteiger partial charge in [0.25, 0.3) is 5.91 Å². The molecule has 1 N–H and O–H groups in total. The summed E-state index contributed by atoms with van der Waals surface area (Å²) in [7, 11) is 0. The highest BCUT2D eigenvalue weighted by Crippen LogP contribution is 2.38. The number of hydrogen-bond acceptors (Lipinski definition) is 4. The normalized spacial score (nSPS) is 14.4. The fourth-order valence-corrected chi connectivity index (χ4v) is 3.03. The lowest BCUT2D eigenvalue weighted by atomic mass is 10.2. The first-order chi connectivity index (χ1) is 12.4. The van der Waals surface area contributed by atoms with Crippen molar-refractivity contribution in [2.45, 2.75) is 45.8 Å². The average Bonchev–Trinajstić information content (AvgIpc) is 3.40. The van der Waals surface area contributed by atoms with Gasteiger partial charge in [-0.3, -0.25) is 4.79 Å². The van der Waals surface area contributed by atoms with Crippen LogP contribution < -0.4 is 5.32 Å². The zero-order valence-electron chi connectivity index (χ0n) is 15.1. The molecule has 0 radical (unpaired) electrons. The lowest BCUT2D eigenvalue weighted by molar-refractivity contribution is -0.123. The molecule has 6 heteroatoms. The Morgan fingerprint density at radius 2 is 1.92 bits per heavy atom. The van der Waals surface area contributed by atoms with Gasteiger partial charge in [-0.2, -0.15) is 5.26 Å². The van der Waals surface area contributed by atoms with Crippen LogP contribution in [0.2, 0.25) is 0 Å². The maximum Gasteiger partial charge on any atom is 0.340 e. The van der Waals surface area contributed by atoms with Crippen LogP contribution in [0.4, 0.5) is 5.69 Å². The van der Waals surface area contributed by atoms with E-state index in [1.807, 2.05) is 26.0 Å². The van der Waals surface area contributed by atoms with E-state index in [1.165, 1.54) is 6.92 Å². The maximum absolute atomic E-state index is 12.5. The van der Waals surface area contributed by atoms with E-state index in [0.29, 0.717) is 22.9 Å². The minimum absolute atomic E-state index is 0.418. The molecule has 1 amide bonds. The van der Waals surface area contributed by atoms with Crippen molar-refractivity contribution < 1.29 is 14.3 Å². The molecule has 1 aromatic heterocycles. The summed E-state index contributed by atoms with van der Waals surface area (Å²) in [5, 5.41) is 11.5. The highest BCUT2D eigenvalue weighted by Gasteiger charge is 2.29. The number of carbonyl (C=O) groups is 2. The highest BCUT2D eigenvalue weighted by atomic mass is 16.5. The number of aryl methyl sites for hydroxylation is 1. The second-order valence-corrected chi connectivity index (χ2v) is 6.61. The highest BCUT2D eigenvalue weighted by molar-refractivity contribution is 5.97. The fraction of sp³-hybridized carbons (Fsp3) is 0.350. The van der Waals surface area contributed by atoms with Crippen molar-refractivity contribution in [2.24, 2.45) is 0 Å². The fourth-order valence-electron chi connectivity index (χ4n) is 3.03. The number of rotatable bonds is 5. The molecule has 134 valence electrons. The Bertz CT molecular complexity index is 886. The molecule has 2 aromatic rings. The van der Waals surface area contributed by atoms with Crippen LogP contribution in [0.15, 0.2) is 30.3 Å². The van der Waals surface area contributed by atoms with Crippen LogP contribution in [-0.2, 0) is 9.53 Å². The quantitative estimate of drug-likeness (QED) is 0.836. The Kier molecular flexibility index (Phi) is 4.81. The van der Waals surface area contributed by atoms with Crippen LogP contribution in [0, 0.1) is 25.2 Å². The molecule has 1 aromatic carbocycles. The molecule has 1 aliphatic carbocycles. The zero-order chi connectivity index (χ0) is 18.8. The van der Waals surface area contributed by atoms with Crippen LogP contribution in [0.1, 0.15) is 53.1 Å². The molecule has 3 rings (SSSR count). The number of ether oxygens (including phenoxy) is 1. The van der Waals surface area contributed by atoms with Gasteiger partial charge in [0.15, 0.2) is 6.10 Å². The van der Waals surface area contributed by atoms with E-state index in [2.05, 4.69) is 9.88 Å². The van der Waals surface area contributed by atoms with E-state index in [1.54, 1.807) is 24.3 Å². The summed E-state index contributed by atoms with van der Waals surface area (Å²) < 4.78 is 7.51. The number of hydrogen-bond donors (Lipinski definition) is 1. The van der Waals surface area contributed by atoms with Crippen LogP contribution >= 0.6 is 0 Å². The summed E-state index contributed by atoms with van der Waals surface area (Å²) in [4.78, 5) is 24.7. The van der Waals surface area contributed by atoms with Crippen molar-refractivity contribution in [3.63, 3.8) is 0 Å². The monoisotopic (exact) mass is 351 g/mol. The molecule has 1 heterocycles. The number of carbonyl (C=O) groups excluding carboxylic acids is 2. The third-order valence-corrected chi connectivity index (χ3v) is 4.55. The van der Waals surface area contributed by atoms with Crippen LogP contribution in [0.5, 0.6) is 0 Å². The van der Waals surface area contributed by atoms with E-state index in [9.17, 15) is 9.59 Å². The van der Waals surface area contributed by atoms with Gasteiger partial charge in [0.2, 0.25) is 0 Å². The number of anilines is 1. The smallest absolute Gasteiger partial charge is 0.340 e. The largest absolute Gasteiger partial charge is 0.449 e. The average molecular weight is 351 g/mol. The summed E-state index contributed by atoms with van der Waals surface area (Å²) >= 11 is 0. The summed E-state index contributed by atoms with van der Waals surface area (Å²) in [6.45, 7) is 5.42. The minimum atomic E-state index is -0.929. The lowest BCUT2D eigenvalue weighted by Crippen LogP contribution is -2.30. The Labute approximate surface area is 152 Å². The van der Waals surface area contributed by atoms with Crippen molar-refractivity contribution in [3.05, 3.63) is 52.8 Å². The molecule has 6 nitrogen and oxygen atoms in total. The van der Waals surface area contributed by atoms with Crippen LogP contribution in [-0.4, -0.2) is 22.5 Å². The van der Waals surface area contributed by atoms with Crippen molar-refractivity contribution in [1.82, 2.24) is 4.57 Å². The Balaban J connectivity index is 1.64. The molecular formula is C20H21N3O3. The summed E-state index contributed by atoms with van der Waals surface area (Å²) in [5.74, 6) is -0.911. The zero-order valence-corrected chi connectivity index (χ0v) is 15.1. The lowest BCUT2D eigenvalue weighted by Gasteiger charge is -2.14. The molecule has 0 saturated heterocycles. The summed E-state index contributed by atoms with van der Waals surface area (Å²) in [5.41, 5.74) is 3.48. The number of esters is 1. The predicted octanol–water partition coefficient (Wildman–Crippen LogP) is 3.50. The first-order valence-electron chi connectivity index (χ1n) is 8.61. The summed E-state index contributed by atoms with van der Waals surface area (Å²) in [6.07, 6.45) is 1.34. The van der Waals surface area contributed by atoms with Gasteiger partial charge in [-0.15, -0.1) is 0 Å². The number of nitrogens with zero attached hydrogens (tertiary/aromatic N) is 2. The van der Waals surface area contributed by atoms with Gasteiger partial charge >= 0.3 is 5.97 Å². The Morgan fingerprint density at radius 3 is 2.50 bits per heavy atom. The van der Waals surface area contributed by atoms with E-state index in [-0.39, 0.29) is 0 Å². The second-order valence-electron chi connectivity index (χ2n) is 6.61. The maximum atomic E-state index is 12.5. The molecule has 1 fully saturated rings. The van der Waals surface area contributed by atoms with Crippen molar-refractivity contribution >= 4 is 17.6 Å². The van der Waals surface area contributed by atoms with Gasteiger partial charge in [0.1, 0.15) is 0 Å². The van der Waals surface area contributed by atoms with Crippen LogP contribution in [0.3, 0.4) is 0 Å². The Hall–Kier alpha value is -3.07. The van der Waals surface area contributed by atoms with Gasteiger partial charge in [0, 0.05) is 23.1 Å². The van der Waals surface area contributed by atoms with Crippen LogP contribution in [0.25, 0.3) is 0 Å². The van der Waals surface area contributed by atoms with E-state index in [4.69, 9.17) is 10.00 Å². The predicted molar refractivity (Wildman–Crippen MR) is 96.8 cm³/mol. The third kappa shape index (κ3) is 3.62. The van der Waals surface area contributed by atoms with Gasteiger partial charge in [-0.25, -0.2) is 4.79 Å². The molecule has 0 bridgehead atoms. The molecule has 0 spiro atoms. The SMILES string of the molecule is Cc1cc(C(=O)O[C@H](C)C(=O)Nc2ccc(C#N)cc2)c(C)n1C1CC1. The molecule has 1 aliphatic rings. The number of benzene rings is 1. The number of amides is 1. The van der Waals surface area contributed by atoms with E-state index in [0.717, 1.165) is 24.2 Å². The number of nitriles is 1. The standard InChI is InChI=1S/C20H21N3O3/c1-12-10-18(13(2)23(12)17-8-9-17)20(25)26-14(3)19(24)22-16-6-4-15(11-21)5-7-16/h4-7,10,14,17H,8-9H2,1-3H3,(H,22,24)/t14-/m1/s1. The summed E-state index contributed by atoms with van der Waals surface area (Å²) in [6, 6.07) is 10.8. The van der Waals surface area contributed by atoms with Crippen molar-refractivity contribution in [3.8, 4) is 6.07 Å². The molecular weight excluding hydrogens is 330 g/mol. The second kappa shape index (κ2) is 7.04. The van der Waals surface area contributed by atoms with Gasteiger partial charge < -0.3 is 14.6 Å². The first-order valence-corrected chi connectivity index (χ1v) is 8.61. The third-order valence-electron chi connectivity index (χ3n) is 4.55. The Morgan fingerprint density at radius 1 is 1.27 bits per heavy atom. The molecule has 26 heavy (non-hydrogen) atoms. The molecule has 0 unspecified atom stereocenters. The molecule has 1 saturated carbocycles. The van der Waals surface area contributed by atoms with Crippen molar-refractivity contribution in [2.75, 3.05) is 5.32 Å². The van der Waals surface area contributed by atoms with Gasteiger partial charge in [-0.1, -0.05) is 0 Å². The topological polar surface area (TPSA) is 84.1 Å². The van der Waals surface area contributed by atoms with Crippen molar-refractivity contribution in [1.29, 1.82) is 5.26 Å².